The highest BCUT2D eigenvalue weighted by atomic mass is 16.1. The molecule has 0 aliphatic heterocycles. The summed E-state index contributed by atoms with van der Waals surface area (Å²) < 4.78 is 0. The molecule has 2 N–H and O–H groups in total. The Morgan fingerprint density at radius 1 is 0.875 bits per heavy atom. The van der Waals surface area contributed by atoms with E-state index in [1.54, 1.807) is 6.20 Å². The predicted octanol–water partition coefficient (Wildman–Crippen LogP) is 2.38. The van der Waals surface area contributed by atoms with E-state index in [0.29, 0.717) is 24.5 Å². The lowest BCUT2D eigenvalue weighted by Gasteiger charge is -2.07. The minimum absolute atomic E-state index is 0.197. The molecular formula is C18H17N5O. The number of pyridine rings is 1. The molecule has 120 valence electrons. The summed E-state index contributed by atoms with van der Waals surface area (Å²) in [6, 6.07) is 15.3. The molecule has 0 saturated heterocycles. The van der Waals surface area contributed by atoms with E-state index in [-0.39, 0.29) is 5.91 Å². The first-order chi connectivity index (χ1) is 11.8. The van der Waals surface area contributed by atoms with Crippen molar-refractivity contribution in [3.63, 3.8) is 0 Å². The zero-order chi connectivity index (χ0) is 16.6. The smallest absolute Gasteiger partial charge is 0.254 e. The van der Waals surface area contributed by atoms with Crippen LogP contribution in [0.5, 0.6) is 0 Å². The molecule has 0 radical (unpaired) electrons. The van der Waals surface area contributed by atoms with E-state index in [2.05, 4.69) is 25.6 Å². The molecule has 0 aliphatic carbocycles. The number of nitrogens with one attached hydrogen (secondary N) is 2. The number of hydrogen-bond acceptors (Lipinski definition) is 5. The van der Waals surface area contributed by atoms with Gasteiger partial charge in [-0.25, -0.2) is 15.0 Å². The lowest BCUT2D eigenvalue weighted by Crippen LogP contribution is -2.29. The molecule has 6 heteroatoms. The van der Waals surface area contributed by atoms with Gasteiger partial charge in [0.25, 0.3) is 5.91 Å². The highest BCUT2D eigenvalue weighted by Gasteiger charge is 2.07. The molecular weight excluding hydrogens is 302 g/mol. The fourth-order valence-electron chi connectivity index (χ4n) is 2.12. The largest absolute Gasteiger partial charge is 0.368 e. The van der Waals surface area contributed by atoms with Crippen molar-refractivity contribution < 1.29 is 4.79 Å². The van der Waals surface area contributed by atoms with Crippen molar-refractivity contribution in [1.82, 2.24) is 20.3 Å². The van der Waals surface area contributed by atoms with E-state index >= 15 is 0 Å². The van der Waals surface area contributed by atoms with Crippen molar-refractivity contribution in [1.29, 1.82) is 0 Å². The van der Waals surface area contributed by atoms with Crippen molar-refractivity contribution in [2.75, 3.05) is 18.4 Å². The van der Waals surface area contributed by atoms with Crippen LogP contribution in [0.1, 0.15) is 10.4 Å². The highest BCUT2D eigenvalue weighted by molar-refractivity contribution is 5.93. The van der Waals surface area contributed by atoms with Gasteiger partial charge < -0.3 is 10.6 Å². The number of rotatable bonds is 6. The Labute approximate surface area is 140 Å². The van der Waals surface area contributed by atoms with Crippen molar-refractivity contribution in [3.8, 4) is 11.4 Å². The molecule has 2 aromatic heterocycles. The molecule has 0 atom stereocenters. The van der Waals surface area contributed by atoms with Crippen LogP contribution in [0.25, 0.3) is 11.4 Å². The van der Waals surface area contributed by atoms with Crippen LogP contribution in [0.4, 0.5) is 5.82 Å². The molecule has 24 heavy (non-hydrogen) atoms. The molecule has 0 unspecified atom stereocenters. The van der Waals surface area contributed by atoms with E-state index in [9.17, 15) is 4.79 Å². The van der Waals surface area contributed by atoms with Gasteiger partial charge >= 0.3 is 0 Å². The Hall–Kier alpha value is -3.28. The molecule has 0 saturated carbocycles. The fraction of sp³-hybridized carbons (Fsp3) is 0.111. The molecule has 0 bridgehead atoms. The molecule has 0 spiro atoms. The molecule has 2 heterocycles. The van der Waals surface area contributed by atoms with E-state index in [4.69, 9.17) is 0 Å². The number of nitrogens with zero attached hydrogens (tertiary/aromatic N) is 3. The maximum absolute atomic E-state index is 12.1. The molecule has 1 amide bonds. The first kappa shape index (κ1) is 15.6. The highest BCUT2D eigenvalue weighted by Crippen LogP contribution is 2.13. The number of benzene rings is 1. The maximum atomic E-state index is 12.1. The zero-order valence-electron chi connectivity index (χ0n) is 13.0. The first-order valence-electron chi connectivity index (χ1n) is 7.63. The Morgan fingerprint density at radius 2 is 1.62 bits per heavy atom. The predicted molar refractivity (Wildman–Crippen MR) is 92.5 cm³/mol. The second-order valence-electron chi connectivity index (χ2n) is 5.06. The maximum Gasteiger partial charge on any atom is 0.254 e. The van der Waals surface area contributed by atoms with Gasteiger partial charge in [0.05, 0.1) is 5.56 Å². The number of carbonyl (C=O) groups is 1. The molecule has 6 nitrogen and oxygen atoms in total. The summed E-state index contributed by atoms with van der Waals surface area (Å²) in [6.45, 7) is 1.07. The summed E-state index contributed by atoms with van der Waals surface area (Å²) in [7, 11) is 0. The van der Waals surface area contributed by atoms with Gasteiger partial charge in [-0.2, -0.15) is 0 Å². The standard InChI is InChI=1S/C18H17N5O/c24-18(21-11-10-20-16-8-4-5-9-19-16)15-12-22-17(23-13-15)14-6-2-1-3-7-14/h1-9,12-13H,10-11H2,(H,19,20)(H,21,24). The molecule has 3 aromatic rings. The Balaban J connectivity index is 1.50. The van der Waals surface area contributed by atoms with Crippen LogP contribution >= 0.6 is 0 Å². The minimum atomic E-state index is -0.197. The third-order valence-electron chi connectivity index (χ3n) is 3.33. The van der Waals surface area contributed by atoms with Gasteiger partial charge in [0, 0.05) is 37.2 Å². The third kappa shape index (κ3) is 4.13. The molecule has 3 rings (SSSR count). The van der Waals surface area contributed by atoms with Crippen LogP contribution in [-0.2, 0) is 0 Å². The van der Waals surface area contributed by atoms with Crippen LogP contribution in [0, 0.1) is 0 Å². The van der Waals surface area contributed by atoms with Crippen molar-refractivity contribution >= 4 is 11.7 Å². The number of hydrogen-bond donors (Lipinski definition) is 2. The van der Waals surface area contributed by atoms with E-state index in [0.717, 1.165) is 11.4 Å². The lowest BCUT2D eigenvalue weighted by molar-refractivity contribution is 0.0954. The summed E-state index contributed by atoms with van der Waals surface area (Å²) in [4.78, 5) is 24.7. The summed E-state index contributed by atoms with van der Waals surface area (Å²) in [5.41, 5.74) is 1.36. The topological polar surface area (TPSA) is 79.8 Å². The minimum Gasteiger partial charge on any atom is -0.368 e. The van der Waals surface area contributed by atoms with Gasteiger partial charge in [0.15, 0.2) is 5.82 Å². The number of anilines is 1. The second-order valence-corrected chi connectivity index (χ2v) is 5.06. The van der Waals surface area contributed by atoms with E-state index in [1.807, 2.05) is 48.5 Å². The van der Waals surface area contributed by atoms with Crippen LogP contribution in [0.15, 0.2) is 67.1 Å². The van der Waals surface area contributed by atoms with Crippen LogP contribution < -0.4 is 10.6 Å². The number of aromatic nitrogens is 3. The second kappa shape index (κ2) is 7.82. The van der Waals surface area contributed by atoms with E-state index in [1.165, 1.54) is 12.4 Å². The van der Waals surface area contributed by atoms with Gasteiger partial charge in [-0.1, -0.05) is 36.4 Å². The lowest BCUT2D eigenvalue weighted by atomic mass is 10.2. The fourth-order valence-corrected chi connectivity index (χ4v) is 2.12. The average Bonchev–Trinajstić information content (AvgIpc) is 2.67. The number of amides is 1. The first-order valence-corrected chi connectivity index (χ1v) is 7.63. The average molecular weight is 319 g/mol. The third-order valence-corrected chi connectivity index (χ3v) is 3.33. The van der Waals surface area contributed by atoms with Crippen molar-refractivity contribution in [3.05, 3.63) is 72.7 Å². The Bertz CT molecular complexity index is 776. The van der Waals surface area contributed by atoms with Gasteiger partial charge in [0.1, 0.15) is 5.82 Å². The van der Waals surface area contributed by atoms with Crippen molar-refractivity contribution in [2.24, 2.45) is 0 Å². The van der Waals surface area contributed by atoms with Gasteiger partial charge in [-0.15, -0.1) is 0 Å². The van der Waals surface area contributed by atoms with Crippen LogP contribution in [-0.4, -0.2) is 33.9 Å². The van der Waals surface area contributed by atoms with E-state index < -0.39 is 0 Å². The molecule has 0 fully saturated rings. The summed E-state index contributed by atoms with van der Waals surface area (Å²) in [5, 5.41) is 5.94. The Morgan fingerprint density at radius 3 is 2.33 bits per heavy atom. The van der Waals surface area contributed by atoms with Crippen LogP contribution in [0.3, 0.4) is 0 Å². The zero-order valence-corrected chi connectivity index (χ0v) is 13.0. The Kier molecular flexibility index (Phi) is 5.09. The van der Waals surface area contributed by atoms with Crippen LogP contribution in [0.2, 0.25) is 0 Å². The summed E-state index contributed by atoms with van der Waals surface area (Å²) in [5.74, 6) is 1.18. The van der Waals surface area contributed by atoms with Crippen molar-refractivity contribution in [2.45, 2.75) is 0 Å². The summed E-state index contributed by atoms with van der Waals surface area (Å²) >= 11 is 0. The molecule has 0 aliphatic rings. The van der Waals surface area contributed by atoms with Gasteiger partial charge in [0.2, 0.25) is 0 Å². The summed E-state index contributed by atoms with van der Waals surface area (Å²) in [6.07, 6.45) is 4.79. The van der Waals surface area contributed by atoms with Gasteiger partial charge in [-0.05, 0) is 12.1 Å². The number of carbonyl (C=O) groups excluding carboxylic acids is 1. The SMILES string of the molecule is O=C(NCCNc1ccccn1)c1cnc(-c2ccccc2)nc1. The molecule has 1 aromatic carbocycles. The quantitative estimate of drug-likeness (QED) is 0.682. The monoisotopic (exact) mass is 319 g/mol. The van der Waals surface area contributed by atoms with Gasteiger partial charge in [-0.3, -0.25) is 4.79 Å². The normalized spacial score (nSPS) is 10.2.